The highest BCUT2D eigenvalue weighted by Crippen LogP contribution is 2.26. The molecule has 21 heavy (non-hydrogen) atoms. The fraction of sp³-hybridized carbons (Fsp3) is 0.600. The minimum absolute atomic E-state index is 0.337. The number of benzene rings is 1. The zero-order valence-corrected chi connectivity index (χ0v) is 13.7. The summed E-state index contributed by atoms with van der Waals surface area (Å²) in [6, 6.07) is 6.10. The number of nitrogens with one attached hydrogen (secondary N) is 2. The maximum absolute atomic E-state index is 11.3. The lowest BCUT2D eigenvalue weighted by atomic mass is 9.92. The normalized spacial score (nSPS) is 22.8. The van der Waals surface area contributed by atoms with Crippen molar-refractivity contribution in [2.75, 3.05) is 23.4 Å². The molecule has 6 heteroatoms. The van der Waals surface area contributed by atoms with Crippen molar-refractivity contribution >= 4 is 21.4 Å². The van der Waals surface area contributed by atoms with Crippen molar-refractivity contribution in [2.24, 2.45) is 0 Å². The van der Waals surface area contributed by atoms with Crippen LogP contribution in [0.4, 0.5) is 11.4 Å². The van der Waals surface area contributed by atoms with Crippen molar-refractivity contribution in [1.82, 2.24) is 0 Å². The van der Waals surface area contributed by atoms with E-state index < -0.39 is 10.0 Å². The van der Waals surface area contributed by atoms with E-state index >= 15 is 0 Å². The first-order valence-electron chi connectivity index (χ1n) is 7.25. The van der Waals surface area contributed by atoms with Crippen LogP contribution in [-0.4, -0.2) is 33.9 Å². The molecule has 1 aliphatic carbocycles. The van der Waals surface area contributed by atoms with E-state index in [1.54, 1.807) is 13.2 Å². The molecule has 1 aromatic carbocycles. The molecule has 1 aliphatic rings. The van der Waals surface area contributed by atoms with E-state index in [0.29, 0.717) is 17.8 Å². The lowest BCUT2D eigenvalue weighted by Gasteiger charge is -2.29. The van der Waals surface area contributed by atoms with Crippen molar-refractivity contribution in [3.05, 3.63) is 23.8 Å². The molecule has 0 heterocycles. The average Bonchev–Trinajstić information content (AvgIpc) is 2.41. The van der Waals surface area contributed by atoms with E-state index in [1.165, 1.54) is 6.42 Å². The Balaban J connectivity index is 2.03. The van der Waals surface area contributed by atoms with Gasteiger partial charge in [-0.15, -0.1) is 0 Å². The average molecular weight is 312 g/mol. The number of ether oxygens (including phenoxy) is 1. The topological polar surface area (TPSA) is 67.4 Å². The van der Waals surface area contributed by atoms with Gasteiger partial charge in [0.2, 0.25) is 10.0 Å². The quantitative estimate of drug-likeness (QED) is 0.877. The second kappa shape index (κ2) is 6.66. The summed E-state index contributed by atoms with van der Waals surface area (Å²) in [6.07, 6.45) is 5.95. The van der Waals surface area contributed by atoms with Crippen LogP contribution in [0.15, 0.2) is 18.2 Å². The van der Waals surface area contributed by atoms with Gasteiger partial charge in [0.15, 0.2) is 0 Å². The van der Waals surface area contributed by atoms with Crippen LogP contribution >= 0.6 is 0 Å². The maximum atomic E-state index is 11.3. The molecular formula is C15H24N2O3S. The third-order valence-corrected chi connectivity index (χ3v) is 4.44. The van der Waals surface area contributed by atoms with E-state index in [9.17, 15) is 8.42 Å². The van der Waals surface area contributed by atoms with Gasteiger partial charge in [-0.1, -0.05) is 0 Å². The minimum Gasteiger partial charge on any atom is -0.382 e. The van der Waals surface area contributed by atoms with Crippen LogP contribution in [0, 0.1) is 6.92 Å². The maximum Gasteiger partial charge on any atom is 0.229 e. The fourth-order valence-corrected chi connectivity index (χ4v) is 3.42. The number of anilines is 2. The van der Waals surface area contributed by atoms with E-state index in [4.69, 9.17) is 4.74 Å². The summed E-state index contributed by atoms with van der Waals surface area (Å²) < 4.78 is 30.5. The van der Waals surface area contributed by atoms with E-state index in [1.807, 2.05) is 19.1 Å². The Morgan fingerprint density at radius 3 is 2.67 bits per heavy atom. The third-order valence-electron chi connectivity index (χ3n) is 3.85. The van der Waals surface area contributed by atoms with Crippen LogP contribution in [0.5, 0.6) is 0 Å². The predicted molar refractivity (Wildman–Crippen MR) is 86.3 cm³/mol. The van der Waals surface area contributed by atoms with Crippen LogP contribution in [0.2, 0.25) is 0 Å². The van der Waals surface area contributed by atoms with Gasteiger partial charge in [-0.05, 0) is 56.4 Å². The molecule has 118 valence electrons. The van der Waals surface area contributed by atoms with Crippen LogP contribution in [0.3, 0.4) is 0 Å². The molecule has 0 aliphatic heterocycles. The number of aryl methyl sites for hydroxylation is 1. The SMILES string of the molecule is COC1CCCC(Nc2ccc(NS(C)(=O)=O)c(C)c2)C1. The van der Waals surface area contributed by atoms with Crippen LogP contribution in [0.1, 0.15) is 31.2 Å². The first-order valence-corrected chi connectivity index (χ1v) is 9.14. The highest BCUT2D eigenvalue weighted by atomic mass is 32.2. The molecule has 1 aromatic rings. The lowest BCUT2D eigenvalue weighted by Crippen LogP contribution is -2.31. The summed E-state index contributed by atoms with van der Waals surface area (Å²) >= 11 is 0. The first kappa shape index (κ1) is 16.1. The van der Waals surface area contributed by atoms with Gasteiger partial charge in [0.05, 0.1) is 18.0 Å². The van der Waals surface area contributed by atoms with Gasteiger partial charge in [0.1, 0.15) is 0 Å². The van der Waals surface area contributed by atoms with Gasteiger partial charge in [0, 0.05) is 18.8 Å². The largest absolute Gasteiger partial charge is 0.382 e. The van der Waals surface area contributed by atoms with Gasteiger partial charge in [-0.2, -0.15) is 0 Å². The summed E-state index contributed by atoms with van der Waals surface area (Å²) in [4.78, 5) is 0. The van der Waals surface area contributed by atoms with E-state index in [2.05, 4.69) is 10.0 Å². The van der Waals surface area contributed by atoms with Gasteiger partial charge in [-0.3, -0.25) is 4.72 Å². The van der Waals surface area contributed by atoms with Crippen LogP contribution in [-0.2, 0) is 14.8 Å². The Kier molecular flexibility index (Phi) is 5.11. The Labute approximate surface area is 127 Å². The Bertz CT molecular complexity index is 587. The van der Waals surface area contributed by atoms with Gasteiger partial charge < -0.3 is 10.1 Å². The van der Waals surface area contributed by atoms with Gasteiger partial charge in [-0.25, -0.2) is 8.42 Å². The van der Waals surface area contributed by atoms with E-state index in [-0.39, 0.29) is 0 Å². The molecule has 0 spiro atoms. The minimum atomic E-state index is -3.24. The molecule has 0 aromatic heterocycles. The molecular weight excluding hydrogens is 288 g/mol. The smallest absolute Gasteiger partial charge is 0.229 e. The third kappa shape index (κ3) is 4.89. The second-order valence-corrected chi connectivity index (χ2v) is 7.52. The van der Waals surface area contributed by atoms with Crippen molar-refractivity contribution in [3.63, 3.8) is 0 Å². The van der Waals surface area contributed by atoms with Gasteiger partial charge >= 0.3 is 0 Å². The first-order chi connectivity index (χ1) is 9.87. The molecule has 5 nitrogen and oxygen atoms in total. The lowest BCUT2D eigenvalue weighted by molar-refractivity contribution is 0.0669. The standard InChI is InChI=1S/C15H24N2O3S/c1-11-9-13(7-8-15(11)17-21(3,18)19)16-12-5-4-6-14(10-12)20-2/h7-9,12,14,16-17H,4-6,10H2,1-3H3. The monoisotopic (exact) mass is 312 g/mol. The van der Waals surface area contributed by atoms with Crippen molar-refractivity contribution < 1.29 is 13.2 Å². The highest BCUT2D eigenvalue weighted by Gasteiger charge is 2.21. The Morgan fingerprint density at radius 2 is 2.05 bits per heavy atom. The molecule has 0 amide bonds. The molecule has 2 N–H and O–H groups in total. The molecule has 2 rings (SSSR count). The summed E-state index contributed by atoms with van der Waals surface area (Å²) in [7, 11) is -1.47. The molecule has 2 atom stereocenters. The molecule has 2 unspecified atom stereocenters. The summed E-state index contributed by atoms with van der Waals surface area (Å²) in [5.74, 6) is 0. The van der Waals surface area contributed by atoms with Crippen LogP contribution < -0.4 is 10.0 Å². The predicted octanol–water partition coefficient (Wildman–Crippen LogP) is 2.74. The fourth-order valence-electron chi connectivity index (χ4n) is 2.79. The summed E-state index contributed by atoms with van der Waals surface area (Å²) in [6.45, 7) is 1.90. The number of hydrogen-bond acceptors (Lipinski definition) is 4. The van der Waals surface area contributed by atoms with E-state index in [0.717, 1.165) is 36.8 Å². The van der Waals surface area contributed by atoms with Gasteiger partial charge in [0.25, 0.3) is 0 Å². The molecule has 1 fully saturated rings. The Morgan fingerprint density at radius 1 is 1.29 bits per heavy atom. The van der Waals surface area contributed by atoms with Crippen molar-refractivity contribution in [1.29, 1.82) is 0 Å². The number of rotatable bonds is 5. The second-order valence-electron chi connectivity index (χ2n) is 5.77. The van der Waals surface area contributed by atoms with Crippen molar-refractivity contribution in [2.45, 2.75) is 44.8 Å². The summed E-state index contributed by atoms with van der Waals surface area (Å²) in [5.41, 5.74) is 2.55. The number of sulfonamides is 1. The molecule has 0 bridgehead atoms. The number of methoxy groups -OCH3 is 1. The van der Waals surface area contributed by atoms with Crippen LogP contribution in [0.25, 0.3) is 0 Å². The Hall–Kier alpha value is -1.27. The van der Waals surface area contributed by atoms with Crippen molar-refractivity contribution in [3.8, 4) is 0 Å². The summed E-state index contributed by atoms with van der Waals surface area (Å²) in [5, 5.41) is 3.52. The zero-order valence-electron chi connectivity index (χ0n) is 12.8. The zero-order chi connectivity index (χ0) is 15.5. The molecule has 1 saturated carbocycles. The number of hydrogen-bond donors (Lipinski definition) is 2. The molecule has 0 radical (unpaired) electrons. The highest BCUT2D eigenvalue weighted by molar-refractivity contribution is 7.92. The molecule has 0 saturated heterocycles.